The van der Waals surface area contributed by atoms with Gasteiger partial charge < -0.3 is 14.6 Å². The van der Waals surface area contributed by atoms with E-state index in [4.69, 9.17) is 9.31 Å². The van der Waals surface area contributed by atoms with Crippen LogP contribution < -0.4 is 5.32 Å². The second-order valence-corrected chi connectivity index (χ2v) is 8.09. The summed E-state index contributed by atoms with van der Waals surface area (Å²) in [5.41, 5.74) is -3.49. The maximum absolute atomic E-state index is 12.4. The molecular weight excluding hydrogens is 350 g/mol. The molecule has 0 bridgehead atoms. The largest absolute Gasteiger partial charge is 0.491 e. The van der Waals surface area contributed by atoms with Crippen molar-refractivity contribution in [1.29, 1.82) is 0 Å². The number of hydrogen-bond acceptors (Lipinski definition) is 4. The van der Waals surface area contributed by atoms with Crippen molar-refractivity contribution in [2.75, 3.05) is 13.6 Å². The van der Waals surface area contributed by atoms with Gasteiger partial charge in [0.1, 0.15) is 0 Å². The molecule has 1 heterocycles. The van der Waals surface area contributed by atoms with Crippen LogP contribution in [0, 0.1) is 0 Å². The zero-order valence-electron chi connectivity index (χ0n) is 15.0. The van der Waals surface area contributed by atoms with Gasteiger partial charge in [0.15, 0.2) is 0 Å². The number of rotatable bonds is 5. The van der Waals surface area contributed by atoms with Crippen molar-refractivity contribution in [2.24, 2.45) is 0 Å². The Morgan fingerprint density at radius 1 is 1.12 bits per heavy atom. The first-order chi connectivity index (χ1) is 11.4. The molecule has 1 aromatic carbocycles. The van der Waals surface area contributed by atoms with Crippen molar-refractivity contribution in [2.45, 2.75) is 49.3 Å². The van der Waals surface area contributed by atoms with Crippen LogP contribution in [0.4, 0.5) is 13.2 Å². The highest BCUT2D eigenvalue weighted by molar-refractivity contribution is 8.00. The van der Waals surface area contributed by atoms with Crippen molar-refractivity contribution in [3.63, 3.8) is 0 Å². The number of alkyl halides is 3. The SMILES string of the molecule is CNCC(=Cc1ccc(SC(F)(F)F)cc1)B1OC(C)(C)C(C)(C)O1. The van der Waals surface area contributed by atoms with E-state index in [1.807, 2.05) is 40.8 Å². The van der Waals surface area contributed by atoms with Gasteiger partial charge in [-0.3, -0.25) is 0 Å². The third-order valence-electron chi connectivity index (χ3n) is 4.40. The summed E-state index contributed by atoms with van der Waals surface area (Å²) in [6.45, 7) is 8.47. The topological polar surface area (TPSA) is 30.5 Å². The third-order valence-corrected chi connectivity index (χ3v) is 5.14. The molecule has 1 N–H and O–H groups in total. The van der Waals surface area contributed by atoms with Gasteiger partial charge in [-0.2, -0.15) is 13.2 Å². The summed E-state index contributed by atoms with van der Waals surface area (Å²) >= 11 is -0.119. The second-order valence-electron chi connectivity index (χ2n) is 6.95. The van der Waals surface area contributed by atoms with Crippen LogP contribution in [0.5, 0.6) is 0 Å². The molecule has 3 nitrogen and oxygen atoms in total. The smallest absolute Gasteiger partial charge is 0.400 e. The van der Waals surface area contributed by atoms with E-state index in [9.17, 15) is 13.2 Å². The van der Waals surface area contributed by atoms with Crippen molar-refractivity contribution in [3.8, 4) is 0 Å². The highest BCUT2D eigenvalue weighted by atomic mass is 32.2. The number of hydrogen-bond donors (Lipinski definition) is 1. The highest BCUT2D eigenvalue weighted by Gasteiger charge is 2.52. The normalized spacial score (nSPS) is 20.2. The maximum Gasteiger partial charge on any atom is 0.491 e. The van der Waals surface area contributed by atoms with E-state index in [0.29, 0.717) is 6.54 Å². The van der Waals surface area contributed by atoms with Crippen LogP contribution in [-0.4, -0.2) is 37.4 Å². The summed E-state index contributed by atoms with van der Waals surface area (Å²) in [6.07, 6.45) is 1.89. The van der Waals surface area contributed by atoms with E-state index in [2.05, 4.69) is 5.32 Å². The summed E-state index contributed by atoms with van der Waals surface area (Å²) in [4.78, 5) is 0.162. The van der Waals surface area contributed by atoms with Crippen LogP contribution in [0.15, 0.2) is 34.6 Å². The number of nitrogens with one attached hydrogen (secondary N) is 1. The molecule has 2 rings (SSSR count). The monoisotopic (exact) mass is 373 g/mol. The predicted octanol–water partition coefficient (Wildman–Crippen LogP) is 4.53. The van der Waals surface area contributed by atoms with Crippen LogP contribution in [-0.2, 0) is 9.31 Å². The molecule has 0 spiro atoms. The number of benzene rings is 1. The lowest BCUT2D eigenvalue weighted by Crippen LogP contribution is -2.41. The minimum atomic E-state index is -4.28. The van der Waals surface area contributed by atoms with E-state index in [1.165, 1.54) is 12.1 Å². The molecule has 1 saturated heterocycles. The third kappa shape index (κ3) is 5.26. The lowest BCUT2D eigenvalue weighted by molar-refractivity contribution is -0.0328. The number of halogens is 3. The van der Waals surface area contributed by atoms with Crippen molar-refractivity contribution in [3.05, 3.63) is 35.3 Å². The molecule has 25 heavy (non-hydrogen) atoms. The molecule has 1 aliphatic rings. The standard InChI is InChI=1S/C17H23BF3NO2S/c1-15(2)16(3,4)24-18(23-15)13(11-22-5)10-12-6-8-14(9-7-12)25-17(19,20)21/h6-10,22H,11H2,1-5H3. The quantitative estimate of drug-likeness (QED) is 0.607. The van der Waals surface area contributed by atoms with Gasteiger partial charge in [-0.25, -0.2) is 0 Å². The van der Waals surface area contributed by atoms with Gasteiger partial charge in [-0.05, 0) is 69.7 Å². The molecule has 138 valence electrons. The fraction of sp³-hybridized carbons (Fsp3) is 0.529. The molecule has 0 saturated carbocycles. The first kappa shape index (κ1) is 20.4. The van der Waals surface area contributed by atoms with Crippen molar-refractivity contribution < 1.29 is 22.5 Å². The van der Waals surface area contributed by atoms with Gasteiger partial charge in [-0.15, -0.1) is 0 Å². The van der Waals surface area contributed by atoms with Gasteiger partial charge in [0.25, 0.3) is 0 Å². The summed E-state index contributed by atoms with van der Waals surface area (Å²) in [7, 11) is 1.32. The Bertz CT molecular complexity index is 614. The lowest BCUT2D eigenvalue weighted by atomic mass is 9.77. The molecular formula is C17H23BF3NO2S. The van der Waals surface area contributed by atoms with E-state index >= 15 is 0 Å². The van der Waals surface area contributed by atoms with Gasteiger partial charge in [0.05, 0.1) is 11.2 Å². The van der Waals surface area contributed by atoms with Crippen LogP contribution in [0.2, 0.25) is 0 Å². The van der Waals surface area contributed by atoms with E-state index in [0.717, 1.165) is 11.0 Å². The van der Waals surface area contributed by atoms with Gasteiger partial charge in [0.2, 0.25) is 0 Å². The van der Waals surface area contributed by atoms with Crippen LogP contribution >= 0.6 is 11.8 Å². The average Bonchev–Trinajstić information content (AvgIpc) is 2.67. The number of likely N-dealkylation sites (N-methyl/N-ethyl adjacent to an activating group) is 1. The van der Waals surface area contributed by atoms with E-state index in [-0.39, 0.29) is 16.7 Å². The minimum absolute atomic E-state index is 0.119. The first-order valence-corrected chi connectivity index (χ1v) is 8.82. The van der Waals surface area contributed by atoms with Gasteiger partial charge in [-0.1, -0.05) is 18.2 Å². The minimum Gasteiger partial charge on any atom is -0.400 e. The molecule has 1 aromatic rings. The molecule has 8 heteroatoms. The Kier molecular flexibility index (Phi) is 5.98. The van der Waals surface area contributed by atoms with Gasteiger partial charge in [0, 0.05) is 11.4 Å². The maximum atomic E-state index is 12.4. The fourth-order valence-electron chi connectivity index (χ4n) is 2.38. The molecule has 0 amide bonds. The second kappa shape index (κ2) is 7.35. The zero-order valence-corrected chi connectivity index (χ0v) is 15.8. The Balaban J connectivity index is 2.20. The molecule has 1 aliphatic heterocycles. The molecule has 0 radical (unpaired) electrons. The Morgan fingerprint density at radius 3 is 2.08 bits per heavy atom. The number of thioether (sulfide) groups is 1. The van der Waals surface area contributed by atoms with Crippen LogP contribution in [0.3, 0.4) is 0 Å². The molecule has 0 aromatic heterocycles. The average molecular weight is 373 g/mol. The molecule has 0 atom stereocenters. The molecule has 0 aliphatic carbocycles. The first-order valence-electron chi connectivity index (χ1n) is 8.00. The lowest BCUT2D eigenvalue weighted by Gasteiger charge is -2.32. The van der Waals surface area contributed by atoms with Crippen molar-refractivity contribution >= 4 is 25.0 Å². The summed E-state index contributed by atoms with van der Waals surface area (Å²) < 4.78 is 49.4. The Labute approximate surface area is 151 Å². The molecule has 0 unspecified atom stereocenters. The summed E-state index contributed by atoms with van der Waals surface area (Å²) in [6, 6.07) is 6.25. The van der Waals surface area contributed by atoms with Crippen molar-refractivity contribution in [1.82, 2.24) is 5.32 Å². The van der Waals surface area contributed by atoms with Gasteiger partial charge >= 0.3 is 12.6 Å². The van der Waals surface area contributed by atoms with E-state index in [1.54, 1.807) is 12.1 Å². The highest BCUT2D eigenvalue weighted by Crippen LogP contribution is 2.39. The fourth-order valence-corrected chi connectivity index (χ4v) is 2.92. The van der Waals surface area contributed by atoms with E-state index < -0.39 is 23.8 Å². The summed E-state index contributed by atoms with van der Waals surface area (Å²) in [5.74, 6) is 0. The summed E-state index contributed by atoms with van der Waals surface area (Å²) in [5, 5.41) is 3.08. The van der Waals surface area contributed by atoms with Crippen LogP contribution in [0.25, 0.3) is 6.08 Å². The molecule has 1 fully saturated rings. The van der Waals surface area contributed by atoms with Crippen LogP contribution in [0.1, 0.15) is 33.3 Å². The Morgan fingerprint density at radius 2 is 1.64 bits per heavy atom. The zero-order chi connectivity index (χ0) is 18.9. The Hall–Kier alpha value is -0.955. The predicted molar refractivity (Wildman–Crippen MR) is 96.3 cm³/mol.